The number of sulfonamides is 1. The van der Waals surface area contributed by atoms with Crippen LogP contribution in [0.3, 0.4) is 0 Å². The van der Waals surface area contributed by atoms with Gasteiger partial charge in [0.05, 0.1) is 16.3 Å². The summed E-state index contributed by atoms with van der Waals surface area (Å²) in [5.74, 6) is 0. The summed E-state index contributed by atoms with van der Waals surface area (Å²) in [5.41, 5.74) is 7.10. The fraction of sp³-hybridized carbons (Fsp3) is 0.538. The summed E-state index contributed by atoms with van der Waals surface area (Å²) in [4.78, 5) is 0.0898. The van der Waals surface area contributed by atoms with Crippen LogP contribution in [0.15, 0.2) is 23.1 Å². The number of nitrogens with one attached hydrogen (secondary N) is 1. The lowest BCUT2D eigenvalue weighted by Crippen LogP contribution is -2.27. The average molecular weight is 315 g/mol. The second kappa shape index (κ2) is 6.24. The number of hydrogen-bond donors (Lipinski definition) is 3. The van der Waals surface area contributed by atoms with Gasteiger partial charge in [-0.2, -0.15) is 11.8 Å². The smallest absolute Gasteiger partial charge is 0.238 e. The highest BCUT2D eigenvalue weighted by Gasteiger charge is 2.21. The van der Waals surface area contributed by atoms with E-state index >= 15 is 0 Å². The van der Waals surface area contributed by atoms with E-state index in [9.17, 15) is 8.42 Å². The second-order valence-electron chi connectivity index (χ2n) is 5.15. The van der Waals surface area contributed by atoms with E-state index in [1.165, 1.54) is 25.0 Å². The number of anilines is 2. The van der Waals surface area contributed by atoms with E-state index in [1.807, 2.05) is 11.8 Å². The zero-order valence-corrected chi connectivity index (χ0v) is 13.1. The number of rotatable bonds is 4. The minimum absolute atomic E-state index is 0.0898. The number of benzene rings is 1. The molecule has 1 aliphatic rings. The van der Waals surface area contributed by atoms with E-state index in [-0.39, 0.29) is 4.90 Å². The summed E-state index contributed by atoms with van der Waals surface area (Å²) in [6, 6.07) is 4.87. The van der Waals surface area contributed by atoms with Crippen LogP contribution in [0.1, 0.15) is 25.7 Å². The summed E-state index contributed by atoms with van der Waals surface area (Å²) in [7, 11) is -3.69. The standard InChI is InChI=1S/C13H21N3O2S2/c1-19-10-4-2-9(3-5-10)16-13-8-11(20(15,17)18)6-7-12(13)14/h6-10,16H,2-5,14H2,1H3,(H2,15,17,18). The maximum Gasteiger partial charge on any atom is 0.238 e. The summed E-state index contributed by atoms with van der Waals surface area (Å²) in [5, 5.41) is 9.24. The van der Waals surface area contributed by atoms with Crippen molar-refractivity contribution in [3.63, 3.8) is 0 Å². The average Bonchev–Trinajstić information content (AvgIpc) is 2.41. The molecule has 0 bridgehead atoms. The van der Waals surface area contributed by atoms with Gasteiger partial charge in [-0.25, -0.2) is 13.6 Å². The minimum Gasteiger partial charge on any atom is -0.397 e. The Kier molecular flexibility index (Phi) is 4.82. The molecule has 0 aromatic heterocycles. The van der Waals surface area contributed by atoms with Crippen LogP contribution in [0, 0.1) is 0 Å². The largest absolute Gasteiger partial charge is 0.397 e. The van der Waals surface area contributed by atoms with Crippen LogP contribution in [-0.4, -0.2) is 26.0 Å². The van der Waals surface area contributed by atoms with Crippen LogP contribution in [0.5, 0.6) is 0 Å². The lowest BCUT2D eigenvalue weighted by atomic mass is 9.94. The van der Waals surface area contributed by atoms with Crippen molar-refractivity contribution in [1.82, 2.24) is 0 Å². The van der Waals surface area contributed by atoms with Gasteiger partial charge in [0.25, 0.3) is 0 Å². The highest BCUT2D eigenvalue weighted by atomic mass is 32.2. The van der Waals surface area contributed by atoms with Gasteiger partial charge in [0, 0.05) is 11.3 Å². The fourth-order valence-corrected chi connectivity index (χ4v) is 3.78. The number of hydrogen-bond acceptors (Lipinski definition) is 5. The third-order valence-corrected chi connectivity index (χ3v) is 5.77. The highest BCUT2D eigenvalue weighted by molar-refractivity contribution is 7.99. The van der Waals surface area contributed by atoms with Crippen molar-refractivity contribution in [2.75, 3.05) is 17.3 Å². The molecule has 1 aliphatic carbocycles. The summed E-state index contributed by atoms with van der Waals surface area (Å²) in [6.45, 7) is 0. The first-order valence-corrected chi connectivity index (χ1v) is 9.45. The van der Waals surface area contributed by atoms with Crippen LogP contribution in [0.25, 0.3) is 0 Å². The van der Waals surface area contributed by atoms with E-state index in [0.717, 1.165) is 18.1 Å². The maximum absolute atomic E-state index is 11.4. The van der Waals surface area contributed by atoms with E-state index < -0.39 is 10.0 Å². The third kappa shape index (κ3) is 3.80. The molecular weight excluding hydrogens is 294 g/mol. The summed E-state index contributed by atoms with van der Waals surface area (Å²) >= 11 is 1.91. The van der Waals surface area contributed by atoms with Gasteiger partial charge in [-0.15, -0.1) is 0 Å². The van der Waals surface area contributed by atoms with Crippen molar-refractivity contribution in [1.29, 1.82) is 0 Å². The van der Waals surface area contributed by atoms with Gasteiger partial charge >= 0.3 is 0 Å². The summed E-state index contributed by atoms with van der Waals surface area (Å²) < 4.78 is 22.8. The molecule has 0 amide bonds. The first-order valence-electron chi connectivity index (χ1n) is 6.62. The number of thioether (sulfide) groups is 1. The number of nitrogens with two attached hydrogens (primary N) is 2. The molecule has 0 saturated heterocycles. The molecule has 0 heterocycles. The van der Waals surface area contributed by atoms with Crippen LogP contribution < -0.4 is 16.2 Å². The topological polar surface area (TPSA) is 98.2 Å². The first kappa shape index (κ1) is 15.5. The normalized spacial score (nSPS) is 23.5. The molecule has 20 heavy (non-hydrogen) atoms. The lowest BCUT2D eigenvalue weighted by Gasteiger charge is -2.29. The molecular formula is C13H21N3O2S2. The zero-order chi connectivity index (χ0) is 14.8. The SMILES string of the molecule is CSC1CCC(Nc2cc(S(N)(=O)=O)ccc2N)CC1. The molecule has 0 unspecified atom stereocenters. The second-order valence-corrected chi connectivity index (χ2v) is 7.85. The Morgan fingerprint density at radius 1 is 1.25 bits per heavy atom. The Bertz CT molecular complexity index is 567. The monoisotopic (exact) mass is 315 g/mol. The van der Waals surface area contributed by atoms with Crippen LogP contribution >= 0.6 is 11.8 Å². The van der Waals surface area contributed by atoms with Gasteiger partial charge in [-0.05, 0) is 50.1 Å². The highest BCUT2D eigenvalue weighted by Crippen LogP contribution is 2.30. The Hall–Kier alpha value is -0.920. The fourth-order valence-electron chi connectivity index (χ4n) is 2.50. The maximum atomic E-state index is 11.4. The van der Waals surface area contributed by atoms with Crippen molar-refractivity contribution in [2.24, 2.45) is 5.14 Å². The van der Waals surface area contributed by atoms with Crippen molar-refractivity contribution in [2.45, 2.75) is 41.9 Å². The van der Waals surface area contributed by atoms with Gasteiger partial charge in [0.1, 0.15) is 0 Å². The molecule has 1 fully saturated rings. The Morgan fingerprint density at radius 3 is 2.45 bits per heavy atom. The van der Waals surface area contributed by atoms with Crippen molar-refractivity contribution < 1.29 is 8.42 Å². The molecule has 1 saturated carbocycles. The Balaban J connectivity index is 2.10. The van der Waals surface area contributed by atoms with Crippen LogP contribution in [0.2, 0.25) is 0 Å². The van der Waals surface area contributed by atoms with Crippen molar-refractivity contribution in [3.8, 4) is 0 Å². The molecule has 7 heteroatoms. The summed E-state index contributed by atoms with van der Waals surface area (Å²) in [6.07, 6.45) is 6.64. The molecule has 0 spiro atoms. The van der Waals surface area contributed by atoms with Gasteiger partial charge in [0.15, 0.2) is 0 Å². The van der Waals surface area contributed by atoms with Crippen LogP contribution in [-0.2, 0) is 10.0 Å². The molecule has 0 radical (unpaired) electrons. The number of primary sulfonamides is 1. The van der Waals surface area contributed by atoms with Gasteiger partial charge in [0.2, 0.25) is 10.0 Å². The molecule has 1 aromatic carbocycles. The van der Waals surface area contributed by atoms with E-state index in [1.54, 1.807) is 6.07 Å². The molecule has 2 rings (SSSR count). The molecule has 0 aliphatic heterocycles. The quantitative estimate of drug-likeness (QED) is 0.738. The number of nitrogen functional groups attached to an aromatic ring is 1. The molecule has 1 aromatic rings. The van der Waals surface area contributed by atoms with Crippen molar-refractivity contribution >= 4 is 33.2 Å². The van der Waals surface area contributed by atoms with E-state index in [2.05, 4.69) is 11.6 Å². The Labute approximate surface area is 124 Å². The first-order chi connectivity index (χ1) is 9.40. The lowest BCUT2D eigenvalue weighted by molar-refractivity contribution is 0.473. The van der Waals surface area contributed by atoms with E-state index in [0.29, 0.717) is 17.4 Å². The third-order valence-electron chi connectivity index (χ3n) is 3.72. The minimum atomic E-state index is -3.69. The predicted octanol–water partition coefficient (Wildman–Crippen LogP) is 2.00. The van der Waals surface area contributed by atoms with Gasteiger partial charge in [-0.3, -0.25) is 0 Å². The molecule has 5 nitrogen and oxygen atoms in total. The van der Waals surface area contributed by atoms with Crippen LogP contribution in [0.4, 0.5) is 11.4 Å². The van der Waals surface area contributed by atoms with Gasteiger partial charge in [-0.1, -0.05) is 0 Å². The van der Waals surface area contributed by atoms with Crippen molar-refractivity contribution in [3.05, 3.63) is 18.2 Å². The molecule has 0 atom stereocenters. The Morgan fingerprint density at radius 2 is 1.90 bits per heavy atom. The van der Waals surface area contributed by atoms with E-state index in [4.69, 9.17) is 10.9 Å². The van der Waals surface area contributed by atoms with Gasteiger partial charge < -0.3 is 11.1 Å². The zero-order valence-electron chi connectivity index (χ0n) is 11.5. The predicted molar refractivity (Wildman–Crippen MR) is 85.4 cm³/mol. The molecule has 5 N–H and O–H groups in total. The molecule has 112 valence electrons.